The highest BCUT2D eigenvalue weighted by molar-refractivity contribution is 9.10. The van der Waals surface area contributed by atoms with Crippen LogP contribution >= 0.6 is 27.7 Å². The third-order valence-electron chi connectivity index (χ3n) is 6.14. The fraction of sp³-hybridized carbons (Fsp3) is 0.480. The van der Waals surface area contributed by atoms with E-state index >= 15 is 0 Å². The summed E-state index contributed by atoms with van der Waals surface area (Å²) in [5.41, 5.74) is 2.86. The topological polar surface area (TPSA) is 90.9 Å². The van der Waals surface area contributed by atoms with E-state index in [0.717, 1.165) is 17.0 Å². The van der Waals surface area contributed by atoms with Crippen molar-refractivity contribution in [3.8, 4) is 5.75 Å². The van der Waals surface area contributed by atoms with Crippen molar-refractivity contribution in [3.63, 3.8) is 0 Å². The number of ether oxygens (including phenoxy) is 3. The van der Waals surface area contributed by atoms with Gasteiger partial charge in [0.1, 0.15) is 18.3 Å². The largest absolute Gasteiger partial charge is 0.496 e. The zero-order valence-electron chi connectivity index (χ0n) is 20.0. The van der Waals surface area contributed by atoms with Gasteiger partial charge in [0.05, 0.1) is 24.3 Å². The summed E-state index contributed by atoms with van der Waals surface area (Å²) in [5, 5.41) is 3.27. The van der Waals surface area contributed by atoms with Crippen LogP contribution in [-0.4, -0.2) is 50.1 Å². The summed E-state index contributed by atoms with van der Waals surface area (Å²) >= 11 is 5.20. The standard InChI is InChI=1S/C25H30BrNO6S/c1-6-34-10-9-33-25(30)20-14(3)27-17-11-13(2)19(24(29)32-5)23(28)22(17)21(20)15-7-8-18(31-4)16(26)12-15/h7-8,12-13,19,21,27H,6,9-11H2,1-5H3/t13-,19-,21+/m0/s1. The van der Waals surface area contributed by atoms with Crippen LogP contribution in [0.1, 0.15) is 38.7 Å². The second-order valence-corrected chi connectivity index (χ2v) is 10.5. The molecule has 0 bridgehead atoms. The van der Waals surface area contributed by atoms with Crippen LogP contribution in [0.25, 0.3) is 0 Å². The van der Waals surface area contributed by atoms with Gasteiger partial charge in [0.15, 0.2) is 5.78 Å². The number of benzene rings is 1. The van der Waals surface area contributed by atoms with E-state index in [2.05, 4.69) is 21.2 Å². The molecule has 0 amide bonds. The molecule has 184 valence electrons. The van der Waals surface area contributed by atoms with Gasteiger partial charge in [-0.25, -0.2) is 4.79 Å². The fourth-order valence-corrected chi connectivity index (χ4v) is 5.61. The molecule has 1 aromatic rings. The molecular formula is C25H30BrNO6S. The molecule has 1 aliphatic carbocycles. The molecule has 1 N–H and O–H groups in total. The summed E-state index contributed by atoms with van der Waals surface area (Å²) in [6.45, 7) is 5.99. The average molecular weight is 552 g/mol. The maximum Gasteiger partial charge on any atom is 0.336 e. The SMILES string of the molecule is CCSCCOC(=O)C1=C(C)NC2=C(C(=O)[C@@H](C(=O)OC)[C@@H](C)C2)[C@@H]1c1ccc(OC)c(Br)c1. The van der Waals surface area contributed by atoms with Crippen molar-refractivity contribution in [1.82, 2.24) is 5.32 Å². The fourth-order valence-electron chi connectivity index (χ4n) is 4.56. The lowest BCUT2D eigenvalue weighted by molar-refractivity contribution is -0.151. The Morgan fingerprint density at radius 2 is 2.00 bits per heavy atom. The van der Waals surface area contributed by atoms with Crippen LogP contribution in [0.5, 0.6) is 5.75 Å². The van der Waals surface area contributed by atoms with Crippen LogP contribution in [0.3, 0.4) is 0 Å². The van der Waals surface area contributed by atoms with Crippen LogP contribution in [-0.2, 0) is 23.9 Å². The van der Waals surface area contributed by atoms with Gasteiger partial charge < -0.3 is 19.5 Å². The van der Waals surface area contributed by atoms with E-state index in [1.54, 1.807) is 24.9 Å². The number of carbonyl (C=O) groups excluding carboxylic acids is 3. The van der Waals surface area contributed by atoms with Crippen molar-refractivity contribution in [1.29, 1.82) is 0 Å². The summed E-state index contributed by atoms with van der Waals surface area (Å²) in [4.78, 5) is 39.5. The minimum absolute atomic E-state index is 0.234. The van der Waals surface area contributed by atoms with Crippen molar-refractivity contribution in [2.24, 2.45) is 11.8 Å². The average Bonchev–Trinajstić information content (AvgIpc) is 2.80. The number of dihydropyridines is 1. The van der Waals surface area contributed by atoms with Gasteiger partial charge in [-0.3, -0.25) is 9.59 Å². The number of thioether (sulfide) groups is 1. The predicted octanol–water partition coefficient (Wildman–Crippen LogP) is 4.37. The van der Waals surface area contributed by atoms with Gasteiger partial charge in [-0.05, 0) is 58.6 Å². The van der Waals surface area contributed by atoms with Gasteiger partial charge in [0.25, 0.3) is 0 Å². The Balaban J connectivity index is 2.11. The molecule has 0 saturated carbocycles. The van der Waals surface area contributed by atoms with Crippen LogP contribution in [0.15, 0.2) is 45.2 Å². The number of methoxy groups -OCH3 is 2. The highest BCUT2D eigenvalue weighted by atomic mass is 79.9. The molecule has 2 aliphatic rings. The molecule has 0 fully saturated rings. The molecule has 34 heavy (non-hydrogen) atoms. The third kappa shape index (κ3) is 5.20. The highest BCUT2D eigenvalue weighted by Gasteiger charge is 2.47. The number of esters is 2. The number of hydrogen-bond acceptors (Lipinski definition) is 8. The number of nitrogens with one attached hydrogen (secondary N) is 1. The summed E-state index contributed by atoms with van der Waals surface area (Å²) in [7, 11) is 2.85. The Bertz CT molecular complexity index is 1050. The maximum atomic E-state index is 13.7. The number of ketones is 1. The molecule has 0 saturated heterocycles. The first kappa shape index (κ1) is 26.3. The van der Waals surface area contributed by atoms with Gasteiger partial charge >= 0.3 is 11.9 Å². The lowest BCUT2D eigenvalue weighted by Crippen LogP contribution is -2.43. The summed E-state index contributed by atoms with van der Waals surface area (Å²) in [5.74, 6) is -0.965. The number of hydrogen-bond donors (Lipinski definition) is 1. The van der Waals surface area contributed by atoms with Crippen molar-refractivity contribution < 1.29 is 28.6 Å². The Morgan fingerprint density at radius 1 is 1.26 bits per heavy atom. The lowest BCUT2D eigenvalue weighted by Gasteiger charge is -2.38. The number of Topliss-reactive ketones (excluding diaryl/α,β-unsaturated/α-hetero) is 1. The van der Waals surface area contributed by atoms with Crippen LogP contribution in [0.2, 0.25) is 0 Å². The second-order valence-electron chi connectivity index (χ2n) is 8.26. The number of rotatable bonds is 8. The zero-order valence-corrected chi connectivity index (χ0v) is 22.4. The second kappa shape index (κ2) is 11.4. The first-order chi connectivity index (χ1) is 16.2. The predicted molar refractivity (Wildman–Crippen MR) is 135 cm³/mol. The van der Waals surface area contributed by atoms with E-state index in [9.17, 15) is 14.4 Å². The quantitative estimate of drug-likeness (QED) is 0.289. The van der Waals surface area contributed by atoms with Crippen LogP contribution in [0.4, 0.5) is 0 Å². The number of carbonyl (C=O) groups is 3. The van der Waals surface area contributed by atoms with E-state index in [4.69, 9.17) is 14.2 Å². The Morgan fingerprint density at radius 3 is 2.62 bits per heavy atom. The van der Waals surface area contributed by atoms with E-state index in [0.29, 0.717) is 39.2 Å². The van der Waals surface area contributed by atoms with Crippen molar-refractivity contribution in [2.45, 2.75) is 33.1 Å². The molecule has 3 rings (SSSR count). The smallest absolute Gasteiger partial charge is 0.336 e. The molecule has 1 aromatic carbocycles. The Labute approximate surface area is 212 Å². The molecule has 0 radical (unpaired) electrons. The zero-order chi connectivity index (χ0) is 25.0. The molecular weight excluding hydrogens is 522 g/mol. The van der Waals surface area contributed by atoms with Crippen molar-refractivity contribution >= 4 is 45.4 Å². The Kier molecular flexibility index (Phi) is 8.87. The normalized spacial score (nSPS) is 22.2. The van der Waals surface area contributed by atoms with Crippen molar-refractivity contribution in [3.05, 3.63) is 50.8 Å². The summed E-state index contributed by atoms with van der Waals surface area (Å²) in [6.07, 6.45) is 0.488. The van der Waals surface area contributed by atoms with E-state index in [-0.39, 0.29) is 18.3 Å². The minimum Gasteiger partial charge on any atom is -0.496 e. The monoisotopic (exact) mass is 551 g/mol. The van der Waals surface area contributed by atoms with Crippen LogP contribution in [0, 0.1) is 11.8 Å². The van der Waals surface area contributed by atoms with Gasteiger partial charge in [0.2, 0.25) is 0 Å². The molecule has 9 heteroatoms. The lowest BCUT2D eigenvalue weighted by atomic mass is 9.69. The van der Waals surface area contributed by atoms with E-state index < -0.39 is 23.8 Å². The van der Waals surface area contributed by atoms with Crippen LogP contribution < -0.4 is 10.1 Å². The van der Waals surface area contributed by atoms with Crippen molar-refractivity contribution in [2.75, 3.05) is 32.3 Å². The first-order valence-corrected chi connectivity index (χ1v) is 13.1. The number of halogens is 1. The van der Waals surface area contributed by atoms with E-state index in [1.165, 1.54) is 7.11 Å². The molecule has 7 nitrogen and oxygen atoms in total. The highest BCUT2D eigenvalue weighted by Crippen LogP contribution is 2.46. The number of allylic oxidation sites excluding steroid dienone is 3. The molecule has 3 atom stereocenters. The van der Waals surface area contributed by atoms with Gasteiger partial charge in [0, 0.05) is 28.6 Å². The third-order valence-corrected chi connectivity index (χ3v) is 7.62. The van der Waals surface area contributed by atoms with Gasteiger partial charge in [-0.2, -0.15) is 11.8 Å². The molecule has 1 heterocycles. The molecule has 1 aliphatic heterocycles. The molecule has 0 aromatic heterocycles. The molecule has 0 unspecified atom stereocenters. The maximum absolute atomic E-state index is 13.7. The summed E-state index contributed by atoms with van der Waals surface area (Å²) < 4.78 is 16.6. The Hall–Kier alpha value is -2.26. The molecule has 0 spiro atoms. The summed E-state index contributed by atoms with van der Waals surface area (Å²) in [6, 6.07) is 5.45. The van der Waals surface area contributed by atoms with Gasteiger partial charge in [-0.15, -0.1) is 0 Å². The van der Waals surface area contributed by atoms with E-state index in [1.807, 2.05) is 32.9 Å². The first-order valence-electron chi connectivity index (χ1n) is 11.2. The minimum atomic E-state index is -0.925. The van der Waals surface area contributed by atoms with Gasteiger partial charge in [-0.1, -0.05) is 19.9 Å².